The van der Waals surface area contributed by atoms with Crippen LogP contribution in [0.15, 0.2) is 48.5 Å². The van der Waals surface area contributed by atoms with Gasteiger partial charge in [0.15, 0.2) is 0 Å². The molecule has 1 heterocycles. The number of likely N-dealkylation sites (tertiary alicyclic amines) is 1. The van der Waals surface area contributed by atoms with E-state index in [1.54, 1.807) is 11.8 Å². The van der Waals surface area contributed by atoms with Crippen LogP contribution in [-0.2, 0) is 14.3 Å². The molecule has 1 saturated heterocycles. The Balaban J connectivity index is 1.27. The molecule has 0 aromatic heterocycles. The van der Waals surface area contributed by atoms with E-state index in [4.69, 9.17) is 9.84 Å². The quantitative estimate of drug-likeness (QED) is 0.723. The van der Waals surface area contributed by atoms with Crippen molar-refractivity contribution in [2.75, 3.05) is 26.2 Å². The molecule has 168 valence electrons. The zero-order valence-corrected chi connectivity index (χ0v) is 18.1. The van der Waals surface area contributed by atoms with Gasteiger partial charge in [0.2, 0.25) is 5.91 Å². The van der Waals surface area contributed by atoms with Gasteiger partial charge in [-0.2, -0.15) is 0 Å². The summed E-state index contributed by atoms with van der Waals surface area (Å²) in [6.07, 6.45) is 0.386. The van der Waals surface area contributed by atoms with Gasteiger partial charge >= 0.3 is 12.1 Å². The molecule has 0 spiro atoms. The highest BCUT2D eigenvalue weighted by Crippen LogP contribution is 2.44. The number of carbonyl (C=O) groups excluding carboxylic acids is 2. The Hall–Kier alpha value is -3.35. The van der Waals surface area contributed by atoms with E-state index in [1.807, 2.05) is 24.3 Å². The van der Waals surface area contributed by atoms with Crippen LogP contribution in [0, 0.1) is 11.8 Å². The molecular weight excluding hydrogens is 408 g/mol. The van der Waals surface area contributed by atoms with Gasteiger partial charge in [0.25, 0.3) is 0 Å². The Bertz CT molecular complexity index is 967. The number of hydrogen-bond acceptors (Lipinski definition) is 4. The highest BCUT2D eigenvalue weighted by atomic mass is 16.5. The van der Waals surface area contributed by atoms with Crippen molar-refractivity contribution in [3.8, 4) is 11.1 Å². The number of ether oxygens (including phenoxy) is 1. The second kappa shape index (κ2) is 9.42. The van der Waals surface area contributed by atoms with E-state index in [9.17, 15) is 14.4 Å². The van der Waals surface area contributed by atoms with Gasteiger partial charge < -0.3 is 20.1 Å². The van der Waals surface area contributed by atoms with Crippen molar-refractivity contribution in [2.24, 2.45) is 11.8 Å². The van der Waals surface area contributed by atoms with Crippen molar-refractivity contribution in [1.29, 1.82) is 0 Å². The number of amides is 2. The van der Waals surface area contributed by atoms with Gasteiger partial charge in [0.05, 0.1) is 11.8 Å². The van der Waals surface area contributed by atoms with Crippen LogP contribution < -0.4 is 5.32 Å². The fraction of sp³-hybridized carbons (Fsp3) is 0.400. The molecule has 1 aliphatic heterocycles. The third kappa shape index (κ3) is 4.47. The summed E-state index contributed by atoms with van der Waals surface area (Å²) in [5, 5.41) is 11.8. The maximum Gasteiger partial charge on any atom is 0.407 e. The Morgan fingerprint density at radius 3 is 2.16 bits per heavy atom. The fourth-order valence-corrected chi connectivity index (χ4v) is 4.63. The van der Waals surface area contributed by atoms with E-state index in [-0.39, 0.29) is 30.9 Å². The van der Waals surface area contributed by atoms with E-state index >= 15 is 0 Å². The third-order valence-electron chi connectivity index (χ3n) is 6.47. The lowest BCUT2D eigenvalue weighted by Gasteiger charge is -2.32. The lowest BCUT2D eigenvalue weighted by molar-refractivity contribution is -0.146. The van der Waals surface area contributed by atoms with E-state index in [1.165, 1.54) is 11.1 Å². The molecule has 4 rings (SSSR count). The van der Waals surface area contributed by atoms with Gasteiger partial charge in [0, 0.05) is 25.6 Å². The second-order valence-electron chi connectivity index (χ2n) is 8.55. The summed E-state index contributed by atoms with van der Waals surface area (Å²) in [5.41, 5.74) is 4.63. The van der Waals surface area contributed by atoms with Gasteiger partial charge in [-0.15, -0.1) is 0 Å². The van der Waals surface area contributed by atoms with Crippen LogP contribution in [-0.4, -0.2) is 54.2 Å². The van der Waals surface area contributed by atoms with Crippen molar-refractivity contribution in [3.05, 3.63) is 59.7 Å². The van der Waals surface area contributed by atoms with Crippen molar-refractivity contribution >= 4 is 18.0 Å². The van der Waals surface area contributed by atoms with Gasteiger partial charge in [-0.05, 0) is 35.1 Å². The molecule has 7 nitrogen and oxygen atoms in total. The topological polar surface area (TPSA) is 95.9 Å². The van der Waals surface area contributed by atoms with Crippen LogP contribution in [0.25, 0.3) is 11.1 Å². The minimum Gasteiger partial charge on any atom is -0.481 e. The minimum absolute atomic E-state index is 0.0114. The minimum atomic E-state index is -0.804. The molecule has 1 unspecified atom stereocenters. The normalized spacial score (nSPS) is 16.7. The maximum atomic E-state index is 12.6. The number of carbonyl (C=O) groups is 3. The van der Waals surface area contributed by atoms with Gasteiger partial charge in [-0.25, -0.2) is 4.79 Å². The largest absolute Gasteiger partial charge is 0.481 e. The summed E-state index contributed by atoms with van der Waals surface area (Å²) in [6.45, 7) is 3.03. The van der Waals surface area contributed by atoms with Crippen LogP contribution in [0.3, 0.4) is 0 Å². The van der Waals surface area contributed by atoms with Crippen LogP contribution >= 0.6 is 0 Å². The molecule has 2 aliphatic rings. The standard InChI is InChI=1S/C25H28N2O5/c1-16(23(28)27-12-10-17(11-13-27)24(29)30)14-26-25(31)32-15-22-20-8-4-2-6-18(20)19-7-3-5-9-21(19)22/h2-9,16-17,22H,10-15H2,1H3,(H,26,31)(H,29,30). The number of hydrogen-bond donors (Lipinski definition) is 2. The number of aliphatic carboxylic acids is 1. The summed E-state index contributed by atoms with van der Waals surface area (Å²) in [4.78, 5) is 37.7. The molecular formula is C25H28N2O5. The van der Waals surface area contributed by atoms with Crippen molar-refractivity contribution in [1.82, 2.24) is 10.2 Å². The van der Waals surface area contributed by atoms with Crippen molar-refractivity contribution in [2.45, 2.75) is 25.7 Å². The second-order valence-corrected chi connectivity index (χ2v) is 8.55. The van der Waals surface area contributed by atoms with Gasteiger partial charge in [0.1, 0.15) is 6.61 Å². The summed E-state index contributed by atoms with van der Waals surface area (Å²) >= 11 is 0. The number of rotatable bonds is 6. The van der Waals surface area contributed by atoms with Crippen LogP contribution in [0.4, 0.5) is 4.79 Å². The summed E-state index contributed by atoms with van der Waals surface area (Å²) in [6, 6.07) is 16.3. The lowest BCUT2D eigenvalue weighted by Crippen LogP contribution is -2.45. The van der Waals surface area contributed by atoms with Gasteiger partial charge in [-0.1, -0.05) is 55.5 Å². The Morgan fingerprint density at radius 1 is 1.03 bits per heavy atom. The average Bonchev–Trinajstić information content (AvgIpc) is 3.14. The molecule has 7 heteroatoms. The molecule has 2 aromatic rings. The molecule has 2 aromatic carbocycles. The number of benzene rings is 2. The van der Waals surface area contributed by atoms with Crippen molar-refractivity contribution < 1.29 is 24.2 Å². The first kappa shape index (κ1) is 21.9. The molecule has 0 saturated carbocycles. The number of nitrogens with one attached hydrogen (secondary N) is 1. The van der Waals surface area contributed by atoms with Crippen LogP contribution in [0.1, 0.15) is 36.8 Å². The summed E-state index contributed by atoms with van der Waals surface area (Å²) < 4.78 is 5.52. The van der Waals surface area contributed by atoms with E-state index in [0.29, 0.717) is 25.9 Å². The lowest BCUT2D eigenvalue weighted by atomic mass is 9.96. The highest BCUT2D eigenvalue weighted by molar-refractivity contribution is 5.80. The number of nitrogens with zero attached hydrogens (tertiary/aromatic N) is 1. The Labute approximate surface area is 187 Å². The third-order valence-corrected chi connectivity index (χ3v) is 6.47. The number of alkyl carbamates (subject to hydrolysis) is 1. The zero-order valence-electron chi connectivity index (χ0n) is 18.1. The van der Waals surface area contributed by atoms with E-state index in [2.05, 4.69) is 29.6 Å². The molecule has 1 atom stereocenters. The Kier molecular flexibility index (Phi) is 6.44. The first-order valence-corrected chi connectivity index (χ1v) is 11.1. The van der Waals surface area contributed by atoms with Gasteiger partial charge in [-0.3, -0.25) is 9.59 Å². The predicted molar refractivity (Wildman–Crippen MR) is 119 cm³/mol. The van der Waals surface area contributed by atoms with Crippen LogP contribution in [0.2, 0.25) is 0 Å². The molecule has 2 N–H and O–H groups in total. The van der Waals surface area contributed by atoms with E-state index < -0.39 is 18.0 Å². The smallest absolute Gasteiger partial charge is 0.407 e. The monoisotopic (exact) mass is 436 g/mol. The number of carboxylic acid groups (broad SMARTS) is 1. The number of fused-ring (bicyclic) bond motifs is 3. The molecule has 32 heavy (non-hydrogen) atoms. The average molecular weight is 437 g/mol. The molecule has 2 amide bonds. The maximum absolute atomic E-state index is 12.6. The SMILES string of the molecule is CC(CNC(=O)OCC1c2ccccc2-c2ccccc21)C(=O)N1CCC(C(=O)O)CC1. The Morgan fingerprint density at radius 2 is 1.59 bits per heavy atom. The summed E-state index contributed by atoms with van der Waals surface area (Å²) in [5.74, 6) is -1.68. The molecule has 1 aliphatic carbocycles. The van der Waals surface area contributed by atoms with E-state index in [0.717, 1.165) is 11.1 Å². The summed E-state index contributed by atoms with van der Waals surface area (Å²) in [7, 11) is 0. The predicted octanol–water partition coefficient (Wildman–Crippen LogP) is 3.48. The first-order valence-electron chi connectivity index (χ1n) is 11.1. The number of piperidine rings is 1. The van der Waals surface area contributed by atoms with Crippen molar-refractivity contribution in [3.63, 3.8) is 0 Å². The first-order chi connectivity index (χ1) is 15.5. The highest BCUT2D eigenvalue weighted by Gasteiger charge is 2.30. The number of carboxylic acids is 1. The van der Waals surface area contributed by atoms with Crippen LogP contribution in [0.5, 0.6) is 0 Å². The molecule has 0 radical (unpaired) electrons. The molecule has 0 bridgehead atoms. The zero-order chi connectivity index (χ0) is 22.7. The molecule has 1 fully saturated rings. The fourth-order valence-electron chi connectivity index (χ4n) is 4.63.